The third kappa shape index (κ3) is 2.71. The van der Waals surface area contributed by atoms with E-state index in [9.17, 15) is 4.79 Å². The zero-order valence-corrected chi connectivity index (χ0v) is 11.3. The van der Waals surface area contributed by atoms with Crippen LogP contribution in [0.3, 0.4) is 0 Å². The molecule has 0 atom stereocenters. The molecule has 3 rings (SSSR count). The van der Waals surface area contributed by atoms with E-state index in [1.807, 2.05) is 6.20 Å². The molecule has 3 N–H and O–H groups in total. The SMILES string of the molecule is NC(=O)C=Cc1c[nH]c2ncc(CC3CCCC3)nc12. The normalized spacial score (nSPS) is 16.4. The highest BCUT2D eigenvalue weighted by Gasteiger charge is 2.16. The van der Waals surface area contributed by atoms with Crippen LogP contribution in [0.4, 0.5) is 0 Å². The summed E-state index contributed by atoms with van der Waals surface area (Å²) in [5.74, 6) is 0.278. The van der Waals surface area contributed by atoms with Crippen LogP contribution >= 0.6 is 0 Å². The van der Waals surface area contributed by atoms with Gasteiger partial charge >= 0.3 is 0 Å². The third-order valence-corrected chi connectivity index (χ3v) is 3.86. The van der Waals surface area contributed by atoms with Gasteiger partial charge in [0.15, 0.2) is 5.65 Å². The van der Waals surface area contributed by atoms with Crippen LogP contribution in [0.25, 0.3) is 17.2 Å². The van der Waals surface area contributed by atoms with Crippen LogP contribution in [0.1, 0.15) is 36.9 Å². The Morgan fingerprint density at radius 3 is 3.00 bits per heavy atom. The Morgan fingerprint density at radius 1 is 1.45 bits per heavy atom. The molecule has 5 nitrogen and oxygen atoms in total. The molecule has 2 aromatic heterocycles. The van der Waals surface area contributed by atoms with E-state index < -0.39 is 5.91 Å². The first-order valence-corrected chi connectivity index (χ1v) is 7.03. The molecule has 2 heterocycles. The Kier molecular flexibility index (Phi) is 3.50. The first-order valence-electron chi connectivity index (χ1n) is 7.03. The highest BCUT2D eigenvalue weighted by Crippen LogP contribution is 2.28. The van der Waals surface area contributed by atoms with Gasteiger partial charge in [0, 0.05) is 17.8 Å². The minimum Gasteiger partial charge on any atom is -0.366 e. The van der Waals surface area contributed by atoms with Gasteiger partial charge in [0.1, 0.15) is 5.52 Å². The second kappa shape index (κ2) is 5.45. The summed E-state index contributed by atoms with van der Waals surface area (Å²) in [5.41, 5.74) is 8.54. The van der Waals surface area contributed by atoms with Crippen LogP contribution in [-0.2, 0) is 11.2 Å². The fourth-order valence-corrected chi connectivity index (χ4v) is 2.85. The van der Waals surface area contributed by atoms with Gasteiger partial charge in [0.2, 0.25) is 5.91 Å². The van der Waals surface area contributed by atoms with Crippen LogP contribution in [-0.4, -0.2) is 20.9 Å². The van der Waals surface area contributed by atoms with Gasteiger partial charge < -0.3 is 10.7 Å². The number of rotatable bonds is 4. The van der Waals surface area contributed by atoms with Crippen molar-refractivity contribution in [1.29, 1.82) is 0 Å². The zero-order chi connectivity index (χ0) is 13.9. The lowest BCUT2D eigenvalue weighted by Gasteiger charge is -2.07. The van der Waals surface area contributed by atoms with Gasteiger partial charge in [-0.25, -0.2) is 9.97 Å². The van der Waals surface area contributed by atoms with Crippen molar-refractivity contribution in [2.75, 3.05) is 0 Å². The summed E-state index contributed by atoms with van der Waals surface area (Å²) in [6, 6.07) is 0. The largest absolute Gasteiger partial charge is 0.366 e. The van der Waals surface area contributed by atoms with Gasteiger partial charge in [-0.1, -0.05) is 25.7 Å². The average Bonchev–Trinajstić information content (AvgIpc) is 3.05. The molecule has 1 fully saturated rings. The minimum absolute atomic E-state index is 0.464. The number of nitrogens with zero attached hydrogens (tertiary/aromatic N) is 2. The molecule has 0 bridgehead atoms. The number of hydrogen-bond donors (Lipinski definition) is 2. The maximum absolute atomic E-state index is 10.8. The van der Waals surface area contributed by atoms with Gasteiger partial charge in [0.05, 0.1) is 11.9 Å². The van der Waals surface area contributed by atoms with Crippen molar-refractivity contribution in [3.63, 3.8) is 0 Å². The molecule has 1 amide bonds. The van der Waals surface area contributed by atoms with Crippen molar-refractivity contribution in [2.45, 2.75) is 32.1 Å². The van der Waals surface area contributed by atoms with Gasteiger partial charge in [-0.3, -0.25) is 4.79 Å². The van der Waals surface area contributed by atoms with Crippen molar-refractivity contribution < 1.29 is 4.79 Å². The maximum atomic E-state index is 10.8. The summed E-state index contributed by atoms with van der Waals surface area (Å²) in [6.45, 7) is 0. The zero-order valence-electron chi connectivity index (χ0n) is 11.3. The van der Waals surface area contributed by atoms with E-state index in [2.05, 4.69) is 15.0 Å². The molecule has 20 heavy (non-hydrogen) atoms. The van der Waals surface area contributed by atoms with E-state index in [-0.39, 0.29) is 0 Å². The third-order valence-electron chi connectivity index (χ3n) is 3.86. The predicted molar refractivity (Wildman–Crippen MR) is 77.8 cm³/mol. The fraction of sp³-hybridized carbons (Fsp3) is 0.400. The first kappa shape index (κ1) is 12.8. The van der Waals surface area contributed by atoms with Crippen LogP contribution in [0.5, 0.6) is 0 Å². The van der Waals surface area contributed by atoms with E-state index in [4.69, 9.17) is 5.73 Å². The van der Waals surface area contributed by atoms with Crippen molar-refractivity contribution in [3.8, 4) is 0 Å². The topological polar surface area (TPSA) is 84.7 Å². The minimum atomic E-state index is -0.464. The molecule has 0 unspecified atom stereocenters. The number of carbonyl (C=O) groups is 1. The molecule has 104 valence electrons. The molecular weight excluding hydrogens is 252 g/mol. The standard InChI is InChI=1S/C15H18N4O/c16-13(20)6-5-11-8-17-15-14(11)19-12(9-18-15)7-10-3-1-2-4-10/h5-6,8-10H,1-4,7H2,(H2,16,20)(H,17,18). The lowest BCUT2D eigenvalue weighted by atomic mass is 10.0. The van der Waals surface area contributed by atoms with Gasteiger partial charge in [-0.2, -0.15) is 0 Å². The van der Waals surface area contributed by atoms with Crippen molar-refractivity contribution in [3.05, 3.63) is 29.7 Å². The Balaban J connectivity index is 1.88. The summed E-state index contributed by atoms with van der Waals surface area (Å²) in [7, 11) is 0. The monoisotopic (exact) mass is 270 g/mol. The molecule has 0 radical (unpaired) electrons. The number of hydrogen-bond acceptors (Lipinski definition) is 3. The highest BCUT2D eigenvalue weighted by molar-refractivity contribution is 5.93. The van der Waals surface area contributed by atoms with E-state index in [1.165, 1.54) is 31.8 Å². The second-order valence-corrected chi connectivity index (χ2v) is 5.39. The van der Waals surface area contributed by atoms with Crippen molar-refractivity contribution >= 4 is 23.1 Å². The summed E-state index contributed by atoms with van der Waals surface area (Å²) >= 11 is 0. The summed E-state index contributed by atoms with van der Waals surface area (Å²) < 4.78 is 0. The molecule has 5 heteroatoms. The number of nitrogens with one attached hydrogen (secondary N) is 1. The number of aromatic amines is 1. The molecule has 0 aliphatic heterocycles. The molecule has 0 spiro atoms. The highest BCUT2D eigenvalue weighted by atomic mass is 16.1. The molecule has 0 saturated heterocycles. The molecular formula is C15H18N4O. The van der Waals surface area contributed by atoms with Gasteiger partial charge in [-0.05, 0) is 18.4 Å². The second-order valence-electron chi connectivity index (χ2n) is 5.39. The first-order chi connectivity index (χ1) is 9.72. The van der Waals surface area contributed by atoms with E-state index in [1.54, 1.807) is 12.3 Å². The predicted octanol–water partition coefficient (Wildman–Crippen LogP) is 2.19. The Hall–Kier alpha value is -2.17. The lowest BCUT2D eigenvalue weighted by molar-refractivity contribution is -0.113. The molecule has 2 aromatic rings. The fourth-order valence-electron chi connectivity index (χ4n) is 2.85. The smallest absolute Gasteiger partial charge is 0.241 e. The quantitative estimate of drug-likeness (QED) is 0.835. The number of aromatic nitrogens is 3. The number of amides is 1. The maximum Gasteiger partial charge on any atom is 0.241 e. The van der Waals surface area contributed by atoms with Crippen molar-refractivity contribution in [2.24, 2.45) is 11.7 Å². The van der Waals surface area contributed by atoms with Crippen LogP contribution in [0.15, 0.2) is 18.5 Å². The summed E-state index contributed by atoms with van der Waals surface area (Å²) in [4.78, 5) is 23.0. The Bertz CT molecular complexity index is 653. The Labute approximate surface area is 117 Å². The lowest BCUT2D eigenvalue weighted by Crippen LogP contribution is -2.05. The number of nitrogens with two attached hydrogens (primary N) is 1. The summed E-state index contributed by atoms with van der Waals surface area (Å²) in [6.07, 6.45) is 12.9. The van der Waals surface area contributed by atoms with Gasteiger partial charge in [0.25, 0.3) is 0 Å². The molecule has 1 aliphatic rings. The van der Waals surface area contributed by atoms with E-state index >= 15 is 0 Å². The molecule has 1 saturated carbocycles. The van der Waals surface area contributed by atoms with Crippen LogP contribution in [0, 0.1) is 5.92 Å². The van der Waals surface area contributed by atoms with E-state index in [0.29, 0.717) is 0 Å². The van der Waals surface area contributed by atoms with Crippen LogP contribution in [0.2, 0.25) is 0 Å². The number of fused-ring (bicyclic) bond motifs is 1. The van der Waals surface area contributed by atoms with Crippen molar-refractivity contribution in [1.82, 2.24) is 15.0 Å². The summed E-state index contributed by atoms with van der Waals surface area (Å²) in [5, 5.41) is 0. The average molecular weight is 270 g/mol. The van der Waals surface area contributed by atoms with Gasteiger partial charge in [-0.15, -0.1) is 0 Å². The molecule has 0 aromatic carbocycles. The Morgan fingerprint density at radius 2 is 2.25 bits per heavy atom. The molecule has 1 aliphatic carbocycles. The number of carbonyl (C=O) groups excluding carboxylic acids is 1. The van der Waals surface area contributed by atoms with Crippen LogP contribution < -0.4 is 5.73 Å². The number of H-pyrrole nitrogens is 1. The number of primary amides is 1. The van der Waals surface area contributed by atoms with E-state index in [0.717, 1.165) is 34.8 Å².